The van der Waals surface area contributed by atoms with Crippen LogP contribution in [0.15, 0.2) is 24.3 Å². The van der Waals surface area contributed by atoms with E-state index in [1.54, 1.807) is 0 Å². The third-order valence-electron chi connectivity index (χ3n) is 3.28. The van der Waals surface area contributed by atoms with Crippen molar-refractivity contribution in [1.82, 2.24) is 4.98 Å². The zero-order valence-corrected chi connectivity index (χ0v) is 13.9. The molecule has 114 valence electrons. The van der Waals surface area contributed by atoms with E-state index in [9.17, 15) is 5.11 Å². The fourth-order valence-electron chi connectivity index (χ4n) is 2.15. The first kappa shape index (κ1) is 16.0. The van der Waals surface area contributed by atoms with Gasteiger partial charge >= 0.3 is 0 Å². The van der Waals surface area contributed by atoms with Crippen molar-refractivity contribution in [2.24, 2.45) is 0 Å². The van der Waals surface area contributed by atoms with Crippen molar-refractivity contribution < 1.29 is 9.84 Å². The monoisotopic (exact) mass is 323 g/mol. The van der Waals surface area contributed by atoms with Gasteiger partial charge in [-0.3, -0.25) is 0 Å². The predicted octanol–water partition coefficient (Wildman–Crippen LogP) is 5.06. The Morgan fingerprint density at radius 2 is 2.05 bits per heavy atom. The van der Waals surface area contributed by atoms with Crippen LogP contribution in [-0.2, 0) is 6.42 Å². The van der Waals surface area contributed by atoms with Crippen LogP contribution in [0.2, 0.25) is 0 Å². The maximum Gasteiger partial charge on any atom is 0.203 e. The van der Waals surface area contributed by atoms with Gasteiger partial charge in [-0.05, 0) is 30.3 Å². The minimum absolute atomic E-state index is 0.169. The molecule has 0 bridgehead atoms. The van der Waals surface area contributed by atoms with Crippen LogP contribution in [0.1, 0.15) is 43.0 Å². The summed E-state index contributed by atoms with van der Waals surface area (Å²) in [6.45, 7) is 2.94. The summed E-state index contributed by atoms with van der Waals surface area (Å²) in [5, 5.41) is 9.80. The number of hydrogen-bond donors (Lipinski definition) is 2. The summed E-state index contributed by atoms with van der Waals surface area (Å²) in [5.74, 6) is 1.07. The first-order valence-corrected chi connectivity index (χ1v) is 8.55. The van der Waals surface area contributed by atoms with E-state index >= 15 is 0 Å². The number of H-pyrrole nitrogens is 1. The van der Waals surface area contributed by atoms with Crippen LogP contribution >= 0.6 is 23.6 Å². The van der Waals surface area contributed by atoms with E-state index in [1.165, 1.54) is 30.6 Å². The Hall–Kier alpha value is -1.33. The summed E-state index contributed by atoms with van der Waals surface area (Å²) in [6, 6.07) is 7.98. The molecule has 1 heterocycles. The number of hydrogen-bond acceptors (Lipinski definition) is 4. The van der Waals surface area contributed by atoms with Crippen molar-refractivity contribution in [3.05, 3.63) is 38.7 Å². The zero-order chi connectivity index (χ0) is 15.1. The van der Waals surface area contributed by atoms with Gasteiger partial charge in [0.1, 0.15) is 5.75 Å². The van der Waals surface area contributed by atoms with Crippen molar-refractivity contribution in [2.45, 2.75) is 39.0 Å². The molecule has 1 aromatic carbocycles. The molecule has 1 aromatic heterocycles. The molecule has 2 rings (SSSR count). The van der Waals surface area contributed by atoms with E-state index in [-0.39, 0.29) is 5.88 Å². The molecular weight excluding hydrogens is 302 g/mol. The van der Waals surface area contributed by atoms with E-state index < -0.39 is 0 Å². The third kappa shape index (κ3) is 4.86. The average molecular weight is 323 g/mol. The average Bonchev–Trinajstić information content (AvgIpc) is 2.78. The summed E-state index contributed by atoms with van der Waals surface area (Å²) in [5.41, 5.74) is 1.08. The number of aromatic hydroxyl groups is 1. The van der Waals surface area contributed by atoms with Gasteiger partial charge in [0.2, 0.25) is 5.88 Å². The Morgan fingerprint density at radius 1 is 1.24 bits per heavy atom. The minimum atomic E-state index is 0.169. The van der Waals surface area contributed by atoms with Gasteiger partial charge in [-0.15, -0.1) is 11.3 Å². The number of benzene rings is 1. The topological polar surface area (TPSA) is 45.2 Å². The highest BCUT2D eigenvalue weighted by molar-refractivity contribution is 7.73. The Morgan fingerprint density at radius 3 is 2.76 bits per heavy atom. The normalized spacial score (nSPS) is 10.7. The molecule has 21 heavy (non-hydrogen) atoms. The Bertz CT molecular complexity index is 619. The first-order chi connectivity index (χ1) is 10.2. The largest absolute Gasteiger partial charge is 0.494 e. The molecule has 0 unspecified atom stereocenters. The van der Waals surface area contributed by atoms with Gasteiger partial charge in [0.25, 0.3) is 0 Å². The Kier molecular flexibility index (Phi) is 6.26. The number of nitrogens with one attached hydrogen (secondary N) is 1. The van der Waals surface area contributed by atoms with E-state index in [4.69, 9.17) is 17.0 Å². The molecule has 0 amide bonds. The molecule has 0 aliphatic heterocycles. The van der Waals surface area contributed by atoms with Gasteiger partial charge in [-0.25, -0.2) is 0 Å². The molecule has 0 radical (unpaired) electrons. The highest BCUT2D eigenvalue weighted by Crippen LogP contribution is 2.28. The van der Waals surface area contributed by atoms with Crippen LogP contribution in [-0.4, -0.2) is 16.7 Å². The molecule has 0 saturated carbocycles. The van der Waals surface area contributed by atoms with Gasteiger partial charge in [0.15, 0.2) is 3.95 Å². The lowest BCUT2D eigenvalue weighted by atomic mass is 10.1. The number of rotatable bonds is 8. The lowest BCUT2D eigenvalue weighted by molar-refractivity contribution is 0.302. The highest BCUT2D eigenvalue weighted by Gasteiger charge is 2.10. The second kappa shape index (κ2) is 8.20. The fourth-order valence-corrected chi connectivity index (χ4v) is 3.29. The molecule has 2 N–H and O–H groups in total. The fraction of sp³-hybridized carbons (Fsp3) is 0.438. The number of thiazole rings is 1. The van der Waals surface area contributed by atoms with Crippen LogP contribution < -0.4 is 4.74 Å². The molecule has 2 aromatic rings. The second-order valence-corrected chi connectivity index (χ2v) is 6.75. The lowest BCUT2D eigenvalue weighted by Gasteiger charge is -2.10. The summed E-state index contributed by atoms with van der Waals surface area (Å²) < 4.78 is 6.49. The second-order valence-electron chi connectivity index (χ2n) is 4.98. The molecule has 0 fully saturated rings. The van der Waals surface area contributed by atoms with E-state index in [0.29, 0.717) is 10.4 Å². The third-order valence-corrected chi connectivity index (χ3v) is 4.50. The Labute approximate surface area is 134 Å². The molecule has 0 aliphatic rings. The maximum absolute atomic E-state index is 9.80. The van der Waals surface area contributed by atoms with Crippen LogP contribution in [0.25, 0.3) is 0 Å². The zero-order valence-electron chi connectivity index (χ0n) is 12.2. The molecule has 3 nitrogen and oxygen atoms in total. The predicted molar refractivity (Wildman–Crippen MR) is 90.1 cm³/mol. The maximum atomic E-state index is 9.80. The van der Waals surface area contributed by atoms with E-state index in [0.717, 1.165) is 29.2 Å². The van der Waals surface area contributed by atoms with Crippen molar-refractivity contribution in [2.75, 3.05) is 6.61 Å². The standard InChI is InChI=1S/C16H21NO2S2/c1-2-3-4-7-10-19-13-9-6-5-8-12(13)11-14-15(18)17-16(20)21-14/h5-6,8-9,18H,2-4,7,10-11H2,1H3,(H,17,20). The van der Waals surface area contributed by atoms with E-state index in [1.807, 2.05) is 24.3 Å². The molecular formula is C16H21NO2S2. The molecule has 0 spiro atoms. The van der Waals surface area contributed by atoms with Gasteiger partial charge in [0, 0.05) is 6.42 Å². The smallest absolute Gasteiger partial charge is 0.203 e. The number of ether oxygens (including phenoxy) is 1. The first-order valence-electron chi connectivity index (χ1n) is 7.32. The van der Waals surface area contributed by atoms with Gasteiger partial charge < -0.3 is 14.8 Å². The molecule has 5 heteroatoms. The molecule has 0 atom stereocenters. The van der Waals surface area contributed by atoms with Crippen molar-refractivity contribution in [3.8, 4) is 11.6 Å². The SMILES string of the molecule is CCCCCCOc1ccccc1Cc1sc(=S)[nH]c1O. The lowest BCUT2D eigenvalue weighted by Crippen LogP contribution is -2.00. The van der Waals surface area contributed by atoms with Crippen molar-refractivity contribution in [3.63, 3.8) is 0 Å². The number of aromatic nitrogens is 1. The number of para-hydroxylation sites is 1. The van der Waals surface area contributed by atoms with E-state index in [2.05, 4.69) is 11.9 Å². The van der Waals surface area contributed by atoms with Gasteiger partial charge in [-0.1, -0.05) is 44.4 Å². The highest BCUT2D eigenvalue weighted by atomic mass is 32.1. The van der Waals surface area contributed by atoms with Crippen molar-refractivity contribution in [1.29, 1.82) is 0 Å². The van der Waals surface area contributed by atoms with Gasteiger partial charge in [-0.2, -0.15) is 0 Å². The quantitative estimate of drug-likeness (QED) is 0.527. The van der Waals surface area contributed by atoms with Crippen LogP contribution in [0.4, 0.5) is 0 Å². The summed E-state index contributed by atoms with van der Waals surface area (Å²) in [6.07, 6.45) is 5.41. The number of aromatic amines is 1. The van der Waals surface area contributed by atoms with Crippen LogP contribution in [0, 0.1) is 3.95 Å². The minimum Gasteiger partial charge on any atom is -0.494 e. The summed E-state index contributed by atoms with van der Waals surface area (Å²) >= 11 is 6.46. The number of unbranched alkanes of at least 4 members (excludes halogenated alkanes) is 3. The summed E-state index contributed by atoms with van der Waals surface area (Å²) in [7, 11) is 0. The molecule has 0 saturated heterocycles. The molecule has 0 aliphatic carbocycles. The van der Waals surface area contributed by atoms with Crippen molar-refractivity contribution >= 4 is 23.6 Å². The summed E-state index contributed by atoms with van der Waals surface area (Å²) in [4.78, 5) is 3.61. The van der Waals surface area contributed by atoms with Crippen LogP contribution in [0.3, 0.4) is 0 Å². The van der Waals surface area contributed by atoms with Crippen LogP contribution in [0.5, 0.6) is 11.6 Å². The van der Waals surface area contributed by atoms with Gasteiger partial charge in [0.05, 0.1) is 11.5 Å². The Balaban J connectivity index is 1.99.